The lowest BCUT2D eigenvalue weighted by molar-refractivity contribution is -0.870. The van der Waals surface area contributed by atoms with Crippen molar-refractivity contribution in [3.05, 3.63) is 12.2 Å². The highest BCUT2D eigenvalue weighted by atomic mass is 31.2. The topological polar surface area (TPSA) is 105 Å². The summed E-state index contributed by atoms with van der Waals surface area (Å²) in [5.41, 5.74) is 0. The molecule has 0 fully saturated rings. The molecule has 364 valence electrons. The highest BCUT2D eigenvalue weighted by Crippen LogP contribution is 2.43. The van der Waals surface area contributed by atoms with Gasteiger partial charge in [-0.2, -0.15) is 0 Å². The first kappa shape index (κ1) is 60.2. The van der Waals surface area contributed by atoms with E-state index in [1.54, 1.807) is 0 Å². The van der Waals surface area contributed by atoms with Crippen LogP contribution in [0.4, 0.5) is 0 Å². The number of quaternary nitrogens is 1. The second kappa shape index (κ2) is 44.4. The van der Waals surface area contributed by atoms with Crippen LogP contribution in [-0.4, -0.2) is 73.4 Å². The van der Waals surface area contributed by atoms with Gasteiger partial charge < -0.3 is 19.8 Å². The molecule has 0 aliphatic rings. The summed E-state index contributed by atoms with van der Waals surface area (Å²) in [4.78, 5) is 23.2. The van der Waals surface area contributed by atoms with Crippen molar-refractivity contribution in [1.29, 1.82) is 0 Å². The van der Waals surface area contributed by atoms with Gasteiger partial charge in [-0.25, -0.2) is 4.57 Å². The lowest BCUT2D eigenvalue weighted by Gasteiger charge is -2.26. The SMILES string of the molecule is CCCCC/C=C\CCCCCCCC(=O)NC(COP(=O)(O)OCC[N+](C)(C)C)C(O)CCCCCCCCCCCCCCCCCCCCCCCCCCCCC. The first-order valence-electron chi connectivity index (χ1n) is 26.6. The Labute approximate surface area is 380 Å². The van der Waals surface area contributed by atoms with Crippen molar-refractivity contribution in [3.63, 3.8) is 0 Å². The van der Waals surface area contributed by atoms with Crippen LogP contribution in [-0.2, 0) is 18.4 Å². The molecular weight excluding hydrogens is 780 g/mol. The highest BCUT2D eigenvalue weighted by molar-refractivity contribution is 7.47. The van der Waals surface area contributed by atoms with Gasteiger partial charge in [0.2, 0.25) is 5.91 Å². The van der Waals surface area contributed by atoms with Crippen LogP contribution in [0.2, 0.25) is 0 Å². The first-order valence-corrected chi connectivity index (χ1v) is 28.0. The minimum absolute atomic E-state index is 0.0751. The Morgan fingerprint density at radius 3 is 1.30 bits per heavy atom. The Balaban J connectivity index is 4.08. The van der Waals surface area contributed by atoms with Crippen LogP contribution in [0, 0.1) is 0 Å². The maximum atomic E-state index is 12.9. The molecule has 0 aromatic carbocycles. The number of hydrogen-bond acceptors (Lipinski definition) is 5. The molecule has 0 heterocycles. The molecule has 61 heavy (non-hydrogen) atoms. The zero-order valence-corrected chi connectivity index (χ0v) is 42.3. The molecule has 3 unspecified atom stereocenters. The van der Waals surface area contributed by atoms with Crippen molar-refractivity contribution in [1.82, 2.24) is 5.32 Å². The average Bonchev–Trinajstić information content (AvgIpc) is 3.21. The van der Waals surface area contributed by atoms with E-state index in [1.807, 2.05) is 21.1 Å². The number of unbranched alkanes of at least 4 members (excludes halogenated alkanes) is 34. The Kier molecular flexibility index (Phi) is 43.9. The summed E-state index contributed by atoms with van der Waals surface area (Å²) in [6.45, 7) is 4.88. The van der Waals surface area contributed by atoms with Gasteiger partial charge in [0.15, 0.2) is 0 Å². The summed E-state index contributed by atoms with van der Waals surface area (Å²) >= 11 is 0. The van der Waals surface area contributed by atoms with Crippen molar-refractivity contribution < 1.29 is 32.9 Å². The van der Waals surface area contributed by atoms with Gasteiger partial charge in [-0.15, -0.1) is 0 Å². The zero-order chi connectivity index (χ0) is 45.0. The number of phosphoric acid groups is 1. The van der Waals surface area contributed by atoms with Crippen LogP contribution in [0.15, 0.2) is 12.2 Å². The number of allylic oxidation sites excluding steroid dienone is 2. The molecule has 3 N–H and O–H groups in total. The molecule has 0 saturated carbocycles. The second-order valence-corrected chi connectivity index (χ2v) is 21.1. The minimum Gasteiger partial charge on any atom is -0.391 e. The molecular formula is C52H106N2O6P+. The fraction of sp³-hybridized carbons (Fsp3) is 0.942. The summed E-state index contributed by atoms with van der Waals surface area (Å²) in [7, 11) is 1.62. The summed E-state index contributed by atoms with van der Waals surface area (Å²) in [5, 5.41) is 14.0. The van der Waals surface area contributed by atoms with Crippen LogP contribution in [0.1, 0.15) is 264 Å². The van der Waals surface area contributed by atoms with E-state index in [9.17, 15) is 19.4 Å². The lowest BCUT2D eigenvalue weighted by atomic mass is 10.0. The molecule has 0 aliphatic heterocycles. The average molecular weight is 886 g/mol. The van der Waals surface area contributed by atoms with Crippen molar-refractivity contribution >= 4 is 13.7 Å². The van der Waals surface area contributed by atoms with E-state index in [0.717, 1.165) is 51.4 Å². The van der Waals surface area contributed by atoms with E-state index in [2.05, 4.69) is 31.3 Å². The number of rotatable bonds is 49. The van der Waals surface area contributed by atoms with Crippen molar-refractivity contribution in [2.45, 2.75) is 276 Å². The maximum absolute atomic E-state index is 12.9. The highest BCUT2D eigenvalue weighted by Gasteiger charge is 2.28. The number of aliphatic hydroxyl groups excluding tert-OH is 1. The standard InChI is InChI=1S/C52H105N2O6P/c1-6-8-10-12-14-16-18-20-21-22-23-24-25-26-27-28-29-30-31-32-33-34-35-37-39-41-43-45-51(55)50(49-60-61(57,58)59-48-47-54(3,4)5)53-52(56)46-44-42-40-38-36-19-17-15-13-11-9-7-2/h15,17,50-51,55H,6-14,16,18-49H2,1-5H3,(H-,53,56,57,58)/p+1/b17-15-. The summed E-state index contributed by atoms with van der Waals surface area (Å²) < 4.78 is 23.7. The smallest absolute Gasteiger partial charge is 0.391 e. The fourth-order valence-corrected chi connectivity index (χ4v) is 8.78. The normalized spacial score (nSPS) is 14.1. The second-order valence-electron chi connectivity index (χ2n) is 19.6. The van der Waals surface area contributed by atoms with Gasteiger partial charge >= 0.3 is 7.82 Å². The third-order valence-corrected chi connectivity index (χ3v) is 13.2. The van der Waals surface area contributed by atoms with E-state index in [0.29, 0.717) is 23.9 Å². The van der Waals surface area contributed by atoms with Crippen LogP contribution in [0.25, 0.3) is 0 Å². The van der Waals surface area contributed by atoms with Crippen LogP contribution in [0.5, 0.6) is 0 Å². The number of carbonyl (C=O) groups excluding carboxylic acids is 1. The predicted molar refractivity (Wildman–Crippen MR) is 263 cm³/mol. The number of carbonyl (C=O) groups is 1. The molecule has 0 saturated heterocycles. The first-order chi connectivity index (χ1) is 29.5. The fourth-order valence-electron chi connectivity index (χ4n) is 8.04. The Bertz CT molecular complexity index is 1000. The van der Waals surface area contributed by atoms with Crippen LogP contribution >= 0.6 is 7.82 Å². The molecule has 0 bridgehead atoms. The number of nitrogens with one attached hydrogen (secondary N) is 1. The van der Waals surface area contributed by atoms with Gasteiger partial charge in [0.1, 0.15) is 13.2 Å². The van der Waals surface area contributed by atoms with E-state index in [-0.39, 0.29) is 19.1 Å². The van der Waals surface area contributed by atoms with E-state index in [1.165, 1.54) is 186 Å². The monoisotopic (exact) mass is 886 g/mol. The Hall–Kier alpha value is -0.760. The van der Waals surface area contributed by atoms with Crippen LogP contribution < -0.4 is 5.32 Å². The summed E-state index contributed by atoms with van der Waals surface area (Å²) in [6.07, 6.45) is 52.7. The summed E-state index contributed by atoms with van der Waals surface area (Å²) in [5.74, 6) is -0.151. The van der Waals surface area contributed by atoms with Gasteiger partial charge in [-0.3, -0.25) is 13.8 Å². The van der Waals surface area contributed by atoms with Crippen molar-refractivity contribution in [2.24, 2.45) is 0 Å². The van der Waals surface area contributed by atoms with E-state index in [4.69, 9.17) is 9.05 Å². The molecule has 0 spiro atoms. The molecule has 0 radical (unpaired) electrons. The van der Waals surface area contributed by atoms with Gasteiger partial charge in [-0.1, -0.05) is 231 Å². The number of nitrogens with zero attached hydrogens (tertiary/aromatic N) is 1. The minimum atomic E-state index is -4.32. The van der Waals surface area contributed by atoms with Gasteiger partial charge in [0.05, 0.1) is 39.9 Å². The molecule has 3 atom stereocenters. The van der Waals surface area contributed by atoms with Crippen molar-refractivity contribution in [3.8, 4) is 0 Å². The molecule has 0 aromatic rings. The molecule has 9 heteroatoms. The quantitative estimate of drug-likeness (QED) is 0.0243. The van der Waals surface area contributed by atoms with Crippen LogP contribution in [0.3, 0.4) is 0 Å². The number of likely N-dealkylation sites (N-methyl/N-ethyl adjacent to an activating group) is 1. The van der Waals surface area contributed by atoms with E-state index < -0.39 is 20.0 Å². The molecule has 0 aliphatic carbocycles. The summed E-state index contributed by atoms with van der Waals surface area (Å²) in [6, 6.07) is -0.761. The molecule has 0 rings (SSSR count). The maximum Gasteiger partial charge on any atom is 0.472 e. The largest absolute Gasteiger partial charge is 0.472 e. The van der Waals surface area contributed by atoms with E-state index >= 15 is 0 Å². The van der Waals surface area contributed by atoms with Gasteiger partial charge in [0, 0.05) is 6.42 Å². The number of phosphoric ester groups is 1. The zero-order valence-electron chi connectivity index (χ0n) is 41.4. The van der Waals surface area contributed by atoms with Crippen molar-refractivity contribution in [2.75, 3.05) is 40.9 Å². The molecule has 8 nitrogen and oxygen atoms in total. The third kappa shape index (κ3) is 47.0. The predicted octanol–water partition coefficient (Wildman–Crippen LogP) is 15.5. The molecule has 1 amide bonds. The molecule has 0 aromatic heterocycles. The number of hydrogen-bond donors (Lipinski definition) is 3. The number of amides is 1. The third-order valence-electron chi connectivity index (χ3n) is 12.3. The number of aliphatic hydroxyl groups is 1. The lowest BCUT2D eigenvalue weighted by Crippen LogP contribution is -2.46. The Morgan fingerprint density at radius 1 is 0.541 bits per heavy atom. The Morgan fingerprint density at radius 2 is 0.885 bits per heavy atom. The van der Waals surface area contributed by atoms with Gasteiger partial charge in [0.25, 0.3) is 0 Å². The van der Waals surface area contributed by atoms with Gasteiger partial charge in [-0.05, 0) is 38.5 Å².